The van der Waals surface area contributed by atoms with Gasteiger partial charge in [0.15, 0.2) is 6.10 Å². The first-order valence-corrected chi connectivity index (χ1v) is 20.3. The van der Waals surface area contributed by atoms with E-state index in [0.29, 0.717) is 25.7 Å². The summed E-state index contributed by atoms with van der Waals surface area (Å²) in [5.74, 6) is -0.934. The van der Waals surface area contributed by atoms with E-state index < -0.39 is 32.5 Å². The minimum absolute atomic E-state index is 0.0364. The van der Waals surface area contributed by atoms with Crippen molar-refractivity contribution in [3.05, 3.63) is 60.8 Å². The molecule has 0 fully saturated rings. The Labute approximate surface area is 302 Å². The van der Waals surface area contributed by atoms with E-state index in [4.69, 9.17) is 24.3 Å². The molecule has 0 radical (unpaired) electrons. The van der Waals surface area contributed by atoms with E-state index in [9.17, 15) is 24.2 Å². The second-order valence-corrected chi connectivity index (χ2v) is 13.7. The van der Waals surface area contributed by atoms with Crippen LogP contribution in [0.5, 0.6) is 0 Å². The Morgan fingerprint density at radius 2 is 1.24 bits per heavy atom. The van der Waals surface area contributed by atoms with Crippen LogP contribution >= 0.6 is 7.82 Å². The van der Waals surface area contributed by atoms with Crippen LogP contribution in [-0.2, 0) is 32.7 Å². The van der Waals surface area contributed by atoms with Gasteiger partial charge in [-0.05, 0) is 70.6 Å². The molecule has 0 aromatic rings. The summed E-state index contributed by atoms with van der Waals surface area (Å²) in [6, 6.07) is 0. The Bertz CT molecular complexity index is 1030. The summed E-state index contributed by atoms with van der Waals surface area (Å²) in [7, 11) is -4.39. The van der Waals surface area contributed by atoms with Crippen LogP contribution in [0.3, 0.4) is 0 Å². The van der Waals surface area contributed by atoms with Crippen LogP contribution in [0.25, 0.3) is 0 Å². The highest BCUT2D eigenvalue weighted by Gasteiger charge is 2.25. The molecule has 0 bridgehead atoms. The number of hydrogen-bond acceptors (Lipinski definition) is 9. The number of hydrogen-bond donors (Lipinski definition) is 3. The van der Waals surface area contributed by atoms with Crippen LogP contribution in [0.4, 0.5) is 0 Å². The van der Waals surface area contributed by atoms with Crippen molar-refractivity contribution < 1.29 is 42.7 Å². The van der Waals surface area contributed by atoms with Gasteiger partial charge in [0.05, 0.1) is 19.3 Å². The van der Waals surface area contributed by atoms with Crippen molar-refractivity contribution in [2.45, 2.75) is 148 Å². The summed E-state index contributed by atoms with van der Waals surface area (Å²) in [4.78, 5) is 34.6. The maximum absolute atomic E-state index is 12.5. The molecule has 288 valence electrons. The molecule has 0 aliphatic carbocycles. The van der Waals surface area contributed by atoms with Gasteiger partial charge in [-0.3, -0.25) is 18.6 Å². The molecule has 11 heteroatoms. The smallest absolute Gasteiger partial charge is 0.462 e. The highest BCUT2D eigenvalue weighted by atomic mass is 31.2. The van der Waals surface area contributed by atoms with Gasteiger partial charge in [0.2, 0.25) is 0 Å². The molecular formula is C39H68NO9P. The molecule has 0 rings (SSSR count). The number of esters is 2. The summed E-state index contributed by atoms with van der Waals surface area (Å²) in [5.41, 5.74) is 5.32. The average Bonchev–Trinajstić information content (AvgIpc) is 3.09. The van der Waals surface area contributed by atoms with Crippen molar-refractivity contribution in [2.24, 2.45) is 5.73 Å². The van der Waals surface area contributed by atoms with Crippen LogP contribution in [0.15, 0.2) is 60.8 Å². The molecule has 0 saturated carbocycles. The molecule has 10 nitrogen and oxygen atoms in total. The Hall–Kier alpha value is -2.33. The number of carbonyl (C=O) groups excluding carboxylic acids is 2. The molecule has 3 atom stereocenters. The first-order valence-electron chi connectivity index (χ1n) is 18.8. The molecule has 0 aliphatic heterocycles. The van der Waals surface area contributed by atoms with Crippen LogP contribution in [0.2, 0.25) is 0 Å². The molecule has 0 aromatic carbocycles. The van der Waals surface area contributed by atoms with Crippen molar-refractivity contribution in [3.8, 4) is 0 Å². The van der Waals surface area contributed by atoms with Gasteiger partial charge >= 0.3 is 19.8 Å². The molecule has 4 N–H and O–H groups in total. The lowest BCUT2D eigenvalue weighted by atomic mass is 10.1. The molecule has 50 heavy (non-hydrogen) atoms. The molecule has 0 saturated heterocycles. The Morgan fingerprint density at radius 1 is 0.680 bits per heavy atom. The third kappa shape index (κ3) is 34.1. The maximum atomic E-state index is 12.5. The van der Waals surface area contributed by atoms with E-state index in [1.54, 1.807) is 0 Å². The zero-order chi connectivity index (χ0) is 37.0. The van der Waals surface area contributed by atoms with Crippen LogP contribution < -0.4 is 5.73 Å². The first kappa shape index (κ1) is 47.7. The topological polar surface area (TPSA) is 155 Å². The Morgan fingerprint density at radius 3 is 1.90 bits per heavy atom. The van der Waals surface area contributed by atoms with Gasteiger partial charge in [-0.15, -0.1) is 0 Å². The number of phosphoric acid groups is 1. The van der Waals surface area contributed by atoms with Gasteiger partial charge in [0.25, 0.3) is 0 Å². The quantitative estimate of drug-likeness (QED) is 0.0253. The lowest BCUT2D eigenvalue weighted by Crippen LogP contribution is -2.29. The SMILES string of the molecule is CCCC/C=C\CCCCCCCC(=O)O[C@H](COC(=O)CCC/C=C\C/C=C\C/C=C\C/C=C\CC(O)CCC)COP(=O)(O)OCCN. The van der Waals surface area contributed by atoms with Crippen LogP contribution in [0.1, 0.15) is 136 Å². The van der Waals surface area contributed by atoms with Gasteiger partial charge in [0, 0.05) is 19.4 Å². The number of allylic oxidation sites excluding steroid dienone is 9. The first-order chi connectivity index (χ1) is 24.2. The highest BCUT2D eigenvalue weighted by molar-refractivity contribution is 7.47. The summed E-state index contributed by atoms with van der Waals surface area (Å²) in [5, 5.41) is 9.70. The van der Waals surface area contributed by atoms with E-state index in [1.807, 2.05) is 12.2 Å². The molecule has 2 unspecified atom stereocenters. The molecule has 0 amide bonds. The number of aliphatic hydroxyl groups excluding tert-OH is 1. The number of unbranched alkanes of at least 4 members (excludes halogenated alkanes) is 8. The third-order valence-electron chi connectivity index (χ3n) is 7.43. The number of nitrogens with two attached hydrogens (primary N) is 1. The largest absolute Gasteiger partial charge is 0.472 e. The standard InChI is InChI=1S/C39H68NO9P/c1-3-5-6-7-8-9-13-18-21-24-27-31-39(43)49-37(35-48-50(44,45)47-33-32-40)34-46-38(42)30-26-23-20-17-15-12-10-11-14-16-19-22-25-29-36(41)28-4-2/h7-8,10,12,14,16-17,20,22,25,36-37,41H,3-6,9,11,13,15,18-19,21,23-24,26-35,40H2,1-2H3,(H,44,45)/b8-7-,12-10-,16-14-,20-17-,25-22-/t36?,37-/m1/s1. The molecule has 0 spiro atoms. The fourth-order valence-corrected chi connectivity index (χ4v) is 5.39. The third-order valence-corrected chi connectivity index (χ3v) is 8.42. The van der Waals surface area contributed by atoms with Crippen LogP contribution in [0, 0.1) is 0 Å². The Balaban J connectivity index is 4.36. The van der Waals surface area contributed by atoms with E-state index in [2.05, 4.69) is 62.5 Å². The van der Waals surface area contributed by atoms with Crippen molar-refractivity contribution in [2.75, 3.05) is 26.4 Å². The maximum Gasteiger partial charge on any atom is 0.472 e. The van der Waals surface area contributed by atoms with E-state index in [-0.39, 0.29) is 38.7 Å². The fraction of sp³-hybridized carbons (Fsp3) is 0.692. The second kappa shape index (κ2) is 35.1. The number of phosphoric ester groups is 1. The summed E-state index contributed by atoms with van der Waals surface area (Å²) in [6.07, 6.45) is 36.1. The Kier molecular flexibility index (Phi) is 33.5. The normalized spacial score (nSPS) is 14.7. The number of carbonyl (C=O) groups is 2. The molecule has 0 aliphatic rings. The highest BCUT2D eigenvalue weighted by Crippen LogP contribution is 2.43. The monoisotopic (exact) mass is 725 g/mol. The number of ether oxygens (including phenoxy) is 2. The van der Waals surface area contributed by atoms with E-state index in [0.717, 1.165) is 70.6 Å². The summed E-state index contributed by atoms with van der Waals surface area (Å²) >= 11 is 0. The lowest BCUT2D eigenvalue weighted by Gasteiger charge is -2.19. The fourth-order valence-electron chi connectivity index (χ4n) is 4.62. The van der Waals surface area contributed by atoms with Crippen molar-refractivity contribution in [1.29, 1.82) is 0 Å². The zero-order valence-electron chi connectivity index (χ0n) is 31.0. The molecule has 0 aromatic heterocycles. The lowest BCUT2D eigenvalue weighted by molar-refractivity contribution is -0.161. The number of rotatable bonds is 34. The second-order valence-electron chi connectivity index (χ2n) is 12.3. The van der Waals surface area contributed by atoms with Crippen LogP contribution in [-0.4, -0.2) is 60.5 Å². The minimum atomic E-state index is -4.39. The molecule has 0 heterocycles. The average molecular weight is 726 g/mol. The van der Waals surface area contributed by atoms with Crippen molar-refractivity contribution in [3.63, 3.8) is 0 Å². The van der Waals surface area contributed by atoms with Gasteiger partial charge < -0.3 is 25.2 Å². The summed E-state index contributed by atoms with van der Waals surface area (Å²) < 4.78 is 32.5. The van der Waals surface area contributed by atoms with Gasteiger partial charge in [-0.25, -0.2) is 4.57 Å². The van der Waals surface area contributed by atoms with Gasteiger partial charge in [0.1, 0.15) is 6.61 Å². The minimum Gasteiger partial charge on any atom is -0.462 e. The van der Waals surface area contributed by atoms with Gasteiger partial charge in [-0.2, -0.15) is 0 Å². The van der Waals surface area contributed by atoms with Gasteiger partial charge in [-0.1, -0.05) is 113 Å². The molecular weight excluding hydrogens is 657 g/mol. The number of aliphatic hydroxyl groups is 1. The predicted molar refractivity (Wildman–Crippen MR) is 202 cm³/mol. The predicted octanol–water partition coefficient (Wildman–Crippen LogP) is 9.13. The van der Waals surface area contributed by atoms with Crippen molar-refractivity contribution in [1.82, 2.24) is 0 Å². The van der Waals surface area contributed by atoms with Crippen molar-refractivity contribution >= 4 is 19.8 Å². The van der Waals surface area contributed by atoms with E-state index in [1.165, 1.54) is 12.8 Å². The summed E-state index contributed by atoms with van der Waals surface area (Å²) in [6.45, 7) is 3.37. The van der Waals surface area contributed by atoms with E-state index >= 15 is 0 Å². The zero-order valence-corrected chi connectivity index (χ0v) is 31.9.